The highest BCUT2D eigenvalue weighted by Gasteiger charge is 2.10. The molecule has 0 radical (unpaired) electrons. The Morgan fingerprint density at radius 2 is 2.30 bits per heavy atom. The monoisotopic (exact) mass is 143 g/mol. The molecule has 0 bridgehead atoms. The molecule has 10 heavy (non-hydrogen) atoms. The standard InChI is InChI=1S/C8H17NO/c1-9-7-8-5-3-2-4-6-10-8/h8-9H,2-7H2,1H3. The van der Waals surface area contributed by atoms with E-state index in [-0.39, 0.29) is 0 Å². The molecule has 1 rings (SSSR count). The zero-order chi connectivity index (χ0) is 7.23. The molecule has 1 fully saturated rings. The largest absolute Gasteiger partial charge is 0.377 e. The summed E-state index contributed by atoms with van der Waals surface area (Å²) in [6.45, 7) is 1.98. The Kier molecular flexibility index (Phi) is 3.76. The van der Waals surface area contributed by atoms with E-state index >= 15 is 0 Å². The van der Waals surface area contributed by atoms with Crippen LogP contribution in [0.3, 0.4) is 0 Å². The average molecular weight is 143 g/mol. The van der Waals surface area contributed by atoms with E-state index in [1.807, 2.05) is 7.05 Å². The Balaban J connectivity index is 2.15. The molecule has 0 aromatic carbocycles. The van der Waals surface area contributed by atoms with Gasteiger partial charge in [0.15, 0.2) is 0 Å². The van der Waals surface area contributed by atoms with Crippen LogP contribution >= 0.6 is 0 Å². The first-order chi connectivity index (χ1) is 4.93. The molecule has 0 aliphatic carbocycles. The second kappa shape index (κ2) is 4.69. The highest BCUT2D eigenvalue weighted by atomic mass is 16.5. The van der Waals surface area contributed by atoms with Crippen molar-refractivity contribution in [2.45, 2.75) is 31.8 Å². The Morgan fingerprint density at radius 1 is 1.40 bits per heavy atom. The number of likely N-dealkylation sites (N-methyl/N-ethyl adjacent to an activating group) is 1. The van der Waals surface area contributed by atoms with Gasteiger partial charge >= 0.3 is 0 Å². The predicted octanol–water partition coefficient (Wildman–Crippen LogP) is 1.16. The van der Waals surface area contributed by atoms with Gasteiger partial charge in [-0.05, 0) is 19.9 Å². The van der Waals surface area contributed by atoms with E-state index in [9.17, 15) is 0 Å². The van der Waals surface area contributed by atoms with Gasteiger partial charge in [0.1, 0.15) is 0 Å². The number of nitrogens with one attached hydrogen (secondary N) is 1. The van der Waals surface area contributed by atoms with Gasteiger partial charge in [0, 0.05) is 13.2 Å². The maximum Gasteiger partial charge on any atom is 0.0699 e. The Bertz CT molecular complexity index is 77.3. The summed E-state index contributed by atoms with van der Waals surface area (Å²) in [5, 5.41) is 3.14. The molecular formula is C8H17NO. The third-order valence-electron chi connectivity index (χ3n) is 1.96. The summed E-state index contributed by atoms with van der Waals surface area (Å²) in [6.07, 6.45) is 5.65. The Labute approximate surface area is 63.0 Å². The molecule has 0 aromatic heterocycles. The third-order valence-corrected chi connectivity index (χ3v) is 1.96. The zero-order valence-electron chi connectivity index (χ0n) is 6.73. The van der Waals surface area contributed by atoms with Crippen LogP contribution in [-0.2, 0) is 4.74 Å². The summed E-state index contributed by atoms with van der Waals surface area (Å²) < 4.78 is 5.58. The minimum Gasteiger partial charge on any atom is -0.377 e. The van der Waals surface area contributed by atoms with Gasteiger partial charge in [-0.25, -0.2) is 0 Å². The van der Waals surface area contributed by atoms with E-state index in [2.05, 4.69) is 5.32 Å². The van der Waals surface area contributed by atoms with Gasteiger partial charge in [-0.3, -0.25) is 0 Å². The molecule has 0 spiro atoms. The van der Waals surface area contributed by atoms with Crippen molar-refractivity contribution >= 4 is 0 Å². The van der Waals surface area contributed by atoms with E-state index in [1.165, 1.54) is 25.7 Å². The molecule has 1 saturated heterocycles. The highest BCUT2D eigenvalue weighted by Crippen LogP contribution is 2.11. The van der Waals surface area contributed by atoms with Crippen molar-refractivity contribution in [3.8, 4) is 0 Å². The van der Waals surface area contributed by atoms with Gasteiger partial charge in [-0.1, -0.05) is 12.8 Å². The first kappa shape index (κ1) is 8.02. The minimum absolute atomic E-state index is 0.479. The quantitative estimate of drug-likeness (QED) is 0.626. The molecule has 1 aliphatic rings. The van der Waals surface area contributed by atoms with Crippen molar-refractivity contribution in [1.82, 2.24) is 5.32 Å². The van der Waals surface area contributed by atoms with Crippen molar-refractivity contribution in [3.63, 3.8) is 0 Å². The second-order valence-corrected chi connectivity index (χ2v) is 2.90. The van der Waals surface area contributed by atoms with Gasteiger partial charge in [-0.2, -0.15) is 0 Å². The lowest BCUT2D eigenvalue weighted by atomic mass is 10.1. The molecule has 1 aliphatic heterocycles. The highest BCUT2D eigenvalue weighted by molar-refractivity contribution is 4.63. The van der Waals surface area contributed by atoms with Crippen molar-refractivity contribution in [2.75, 3.05) is 20.2 Å². The topological polar surface area (TPSA) is 21.3 Å². The molecule has 1 N–H and O–H groups in total. The maximum atomic E-state index is 5.58. The lowest BCUT2D eigenvalue weighted by molar-refractivity contribution is 0.0602. The number of hydrogen-bond acceptors (Lipinski definition) is 2. The molecule has 0 aromatic rings. The van der Waals surface area contributed by atoms with Gasteiger partial charge in [-0.15, -0.1) is 0 Å². The fourth-order valence-corrected chi connectivity index (χ4v) is 1.37. The molecule has 60 valence electrons. The van der Waals surface area contributed by atoms with Crippen LogP contribution in [0.5, 0.6) is 0 Å². The van der Waals surface area contributed by atoms with Crippen molar-refractivity contribution in [2.24, 2.45) is 0 Å². The third kappa shape index (κ3) is 2.67. The Hall–Kier alpha value is -0.0800. The van der Waals surface area contributed by atoms with E-state index in [1.54, 1.807) is 0 Å². The summed E-state index contributed by atoms with van der Waals surface area (Å²) in [5.41, 5.74) is 0. The first-order valence-electron chi connectivity index (χ1n) is 4.19. The van der Waals surface area contributed by atoms with E-state index < -0.39 is 0 Å². The number of ether oxygens (including phenoxy) is 1. The first-order valence-corrected chi connectivity index (χ1v) is 4.19. The van der Waals surface area contributed by atoms with Gasteiger partial charge in [0.25, 0.3) is 0 Å². The van der Waals surface area contributed by atoms with Gasteiger partial charge in [0.05, 0.1) is 6.10 Å². The van der Waals surface area contributed by atoms with E-state index in [0.717, 1.165) is 13.2 Å². The normalized spacial score (nSPS) is 27.9. The summed E-state index contributed by atoms with van der Waals surface area (Å²) in [7, 11) is 1.98. The molecule has 1 atom stereocenters. The summed E-state index contributed by atoms with van der Waals surface area (Å²) >= 11 is 0. The van der Waals surface area contributed by atoms with Crippen molar-refractivity contribution in [3.05, 3.63) is 0 Å². The second-order valence-electron chi connectivity index (χ2n) is 2.90. The SMILES string of the molecule is CNCC1CCCCCO1. The van der Waals surface area contributed by atoms with Crippen LogP contribution in [0.25, 0.3) is 0 Å². The van der Waals surface area contributed by atoms with Crippen LogP contribution in [-0.4, -0.2) is 26.3 Å². The van der Waals surface area contributed by atoms with Crippen LogP contribution < -0.4 is 5.32 Å². The summed E-state index contributed by atoms with van der Waals surface area (Å²) in [4.78, 5) is 0. The molecule has 1 unspecified atom stereocenters. The smallest absolute Gasteiger partial charge is 0.0699 e. The molecule has 0 saturated carbocycles. The van der Waals surface area contributed by atoms with E-state index in [0.29, 0.717) is 6.10 Å². The number of hydrogen-bond donors (Lipinski definition) is 1. The molecule has 2 heteroatoms. The van der Waals surface area contributed by atoms with Crippen molar-refractivity contribution < 1.29 is 4.74 Å². The lowest BCUT2D eigenvalue weighted by Gasteiger charge is -2.13. The Morgan fingerprint density at radius 3 is 3.10 bits per heavy atom. The number of rotatable bonds is 2. The van der Waals surface area contributed by atoms with Gasteiger partial charge < -0.3 is 10.1 Å². The van der Waals surface area contributed by atoms with Crippen LogP contribution in [0.1, 0.15) is 25.7 Å². The van der Waals surface area contributed by atoms with Crippen LogP contribution in [0.4, 0.5) is 0 Å². The fraction of sp³-hybridized carbons (Fsp3) is 1.00. The van der Waals surface area contributed by atoms with Gasteiger partial charge in [0.2, 0.25) is 0 Å². The summed E-state index contributed by atoms with van der Waals surface area (Å²) in [5.74, 6) is 0. The average Bonchev–Trinajstić information content (AvgIpc) is 2.17. The predicted molar refractivity (Wildman–Crippen MR) is 42.1 cm³/mol. The van der Waals surface area contributed by atoms with E-state index in [4.69, 9.17) is 4.74 Å². The zero-order valence-corrected chi connectivity index (χ0v) is 6.73. The molecule has 0 amide bonds. The van der Waals surface area contributed by atoms with Crippen molar-refractivity contribution in [1.29, 1.82) is 0 Å². The summed E-state index contributed by atoms with van der Waals surface area (Å²) in [6, 6.07) is 0. The molecule has 2 nitrogen and oxygen atoms in total. The molecular weight excluding hydrogens is 126 g/mol. The van der Waals surface area contributed by atoms with Crippen LogP contribution in [0.15, 0.2) is 0 Å². The molecule has 1 heterocycles. The lowest BCUT2D eigenvalue weighted by Crippen LogP contribution is -2.25. The van der Waals surface area contributed by atoms with Crippen LogP contribution in [0.2, 0.25) is 0 Å². The fourth-order valence-electron chi connectivity index (χ4n) is 1.37. The van der Waals surface area contributed by atoms with Crippen LogP contribution in [0, 0.1) is 0 Å². The maximum absolute atomic E-state index is 5.58. The minimum atomic E-state index is 0.479.